The van der Waals surface area contributed by atoms with Gasteiger partial charge in [-0.05, 0) is 59.3 Å². The van der Waals surface area contributed by atoms with Crippen molar-refractivity contribution in [3.05, 3.63) is 51.4 Å². The van der Waals surface area contributed by atoms with Crippen molar-refractivity contribution in [2.75, 3.05) is 5.32 Å². The molecule has 0 spiro atoms. The quantitative estimate of drug-likeness (QED) is 0.758. The molecule has 5 nitrogen and oxygen atoms in total. The fraction of sp³-hybridized carbons (Fsp3) is 0.200. The topological polar surface area (TPSA) is 71.3 Å². The first-order chi connectivity index (χ1) is 10.0. The third kappa shape index (κ3) is 3.63. The standard InChI is InChI=1S/C15H15IN2O3/c1-2-7-18-8-3-4-13(18)14(19)17-12-6-5-10(16)9-11(12)15(20)21/h3-6,8-9H,2,7H2,1H3,(H,17,19)(H,20,21). The molecule has 2 rings (SSSR count). The number of rotatable bonds is 5. The summed E-state index contributed by atoms with van der Waals surface area (Å²) >= 11 is 2.04. The van der Waals surface area contributed by atoms with Gasteiger partial charge in [0.05, 0.1) is 11.3 Å². The van der Waals surface area contributed by atoms with Crippen LogP contribution in [-0.4, -0.2) is 21.6 Å². The van der Waals surface area contributed by atoms with Crippen LogP contribution in [0.25, 0.3) is 0 Å². The summed E-state index contributed by atoms with van der Waals surface area (Å²) in [5, 5.41) is 11.9. The molecule has 110 valence electrons. The van der Waals surface area contributed by atoms with Gasteiger partial charge in [0.15, 0.2) is 0 Å². The molecule has 2 N–H and O–H groups in total. The normalized spacial score (nSPS) is 10.4. The van der Waals surface area contributed by atoms with Crippen LogP contribution in [0.15, 0.2) is 36.5 Å². The fourth-order valence-corrected chi connectivity index (χ4v) is 2.54. The molecule has 0 atom stereocenters. The summed E-state index contributed by atoms with van der Waals surface area (Å²) in [6, 6.07) is 8.42. The maximum absolute atomic E-state index is 12.3. The molecule has 1 amide bonds. The number of halogens is 1. The van der Waals surface area contributed by atoms with E-state index in [2.05, 4.69) is 5.32 Å². The van der Waals surface area contributed by atoms with Crippen molar-refractivity contribution in [3.8, 4) is 0 Å². The van der Waals surface area contributed by atoms with Crippen LogP contribution in [0.1, 0.15) is 34.2 Å². The lowest BCUT2D eigenvalue weighted by atomic mass is 10.1. The van der Waals surface area contributed by atoms with Gasteiger partial charge in [-0.1, -0.05) is 6.92 Å². The molecule has 2 aromatic rings. The van der Waals surface area contributed by atoms with Gasteiger partial charge in [0.1, 0.15) is 5.69 Å². The van der Waals surface area contributed by atoms with E-state index in [1.807, 2.05) is 40.3 Å². The van der Waals surface area contributed by atoms with Crippen molar-refractivity contribution >= 4 is 40.2 Å². The summed E-state index contributed by atoms with van der Waals surface area (Å²) < 4.78 is 2.65. The molecule has 0 aliphatic rings. The largest absolute Gasteiger partial charge is 0.478 e. The molecular formula is C15H15IN2O3. The minimum absolute atomic E-state index is 0.0869. The number of anilines is 1. The minimum atomic E-state index is -1.06. The number of nitrogens with zero attached hydrogens (tertiary/aromatic N) is 1. The van der Waals surface area contributed by atoms with Crippen molar-refractivity contribution in [2.45, 2.75) is 19.9 Å². The van der Waals surface area contributed by atoms with Crippen molar-refractivity contribution in [2.24, 2.45) is 0 Å². The van der Waals surface area contributed by atoms with Crippen molar-refractivity contribution in [1.29, 1.82) is 0 Å². The summed E-state index contributed by atoms with van der Waals surface area (Å²) in [6.45, 7) is 2.78. The Balaban J connectivity index is 2.27. The molecule has 1 heterocycles. The lowest BCUT2D eigenvalue weighted by Crippen LogP contribution is -2.18. The number of hydrogen-bond acceptors (Lipinski definition) is 2. The van der Waals surface area contributed by atoms with Gasteiger partial charge in [0, 0.05) is 16.3 Å². The van der Waals surface area contributed by atoms with Crippen LogP contribution in [0.5, 0.6) is 0 Å². The molecular weight excluding hydrogens is 383 g/mol. The van der Waals surface area contributed by atoms with Crippen LogP contribution in [0.2, 0.25) is 0 Å². The summed E-state index contributed by atoms with van der Waals surface area (Å²) in [5.74, 6) is -1.37. The Morgan fingerprint density at radius 2 is 2.10 bits per heavy atom. The molecule has 6 heteroatoms. The van der Waals surface area contributed by atoms with E-state index in [-0.39, 0.29) is 11.5 Å². The first kappa shape index (κ1) is 15.6. The van der Waals surface area contributed by atoms with Gasteiger partial charge in [-0.15, -0.1) is 0 Å². The molecule has 0 saturated heterocycles. The number of benzene rings is 1. The second-order valence-electron chi connectivity index (χ2n) is 4.54. The molecule has 0 saturated carbocycles. The number of carbonyl (C=O) groups is 2. The van der Waals surface area contributed by atoms with Crippen LogP contribution >= 0.6 is 22.6 Å². The lowest BCUT2D eigenvalue weighted by Gasteiger charge is -2.11. The van der Waals surface area contributed by atoms with Gasteiger partial charge in [0.2, 0.25) is 0 Å². The Labute approximate surface area is 136 Å². The second kappa shape index (κ2) is 6.75. The molecule has 0 fully saturated rings. The lowest BCUT2D eigenvalue weighted by molar-refractivity contribution is 0.0698. The van der Waals surface area contributed by atoms with Gasteiger partial charge in [-0.25, -0.2) is 4.79 Å². The maximum Gasteiger partial charge on any atom is 0.337 e. The molecule has 0 unspecified atom stereocenters. The molecule has 1 aromatic heterocycles. The SMILES string of the molecule is CCCn1cccc1C(=O)Nc1ccc(I)cc1C(=O)O. The smallest absolute Gasteiger partial charge is 0.337 e. The number of nitrogens with one attached hydrogen (secondary N) is 1. The predicted molar refractivity (Wildman–Crippen MR) is 88.8 cm³/mol. The van der Waals surface area contributed by atoms with Crippen molar-refractivity contribution < 1.29 is 14.7 Å². The van der Waals surface area contributed by atoms with Crippen LogP contribution in [0, 0.1) is 3.57 Å². The average Bonchev–Trinajstić information content (AvgIpc) is 2.89. The third-order valence-corrected chi connectivity index (χ3v) is 3.66. The molecule has 0 radical (unpaired) electrons. The summed E-state index contributed by atoms with van der Waals surface area (Å²) in [5.41, 5.74) is 0.910. The van der Waals surface area contributed by atoms with Crippen LogP contribution < -0.4 is 5.32 Å². The number of carboxylic acid groups (broad SMARTS) is 1. The van der Waals surface area contributed by atoms with E-state index in [0.717, 1.165) is 16.5 Å². The molecule has 1 aromatic carbocycles. The van der Waals surface area contributed by atoms with Crippen molar-refractivity contribution in [1.82, 2.24) is 4.57 Å². The summed E-state index contributed by atoms with van der Waals surface area (Å²) in [7, 11) is 0. The third-order valence-electron chi connectivity index (χ3n) is 2.99. The number of hydrogen-bond donors (Lipinski definition) is 2. The van der Waals surface area contributed by atoms with E-state index in [1.165, 1.54) is 6.07 Å². The van der Waals surface area contributed by atoms with Gasteiger partial charge in [-0.3, -0.25) is 4.79 Å². The molecule has 21 heavy (non-hydrogen) atoms. The number of aryl methyl sites for hydroxylation is 1. The Kier molecular flexibility index (Phi) is 5.00. The Hall–Kier alpha value is -1.83. The zero-order valence-electron chi connectivity index (χ0n) is 11.5. The molecule has 0 aliphatic heterocycles. The second-order valence-corrected chi connectivity index (χ2v) is 5.78. The fourth-order valence-electron chi connectivity index (χ4n) is 2.04. The number of carbonyl (C=O) groups excluding carboxylic acids is 1. The van der Waals surface area contributed by atoms with Gasteiger partial charge in [-0.2, -0.15) is 0 Å². The first-order valence-electron chi connectivity index (χ1n) is 6.52. The minimum Gasteiger partial charge on any atom is -0.478 e. The van der Waals surface area contributed by atoms with Gasteiger partial charge >= 0.3 is 5.97 Å². The number of aromatic nitrogens is 1. The Morgan fingerprint density at radius 1 is 1.33 bits per heavy atom. The van der Waals surface area contributed by atoms with Crippen molar-refractivity contribution in [3.63, 3.8) is 0 Å². The van der Waals surface area contributed by atoms with E-state index in [9.17, 15) is 14.7 Å². The number of aromatic carboxylic acids is 1. The highest BCUT2D eigenvalue weighted by Crippen LogP contribution is 2.20. The highest BCUT2D eigenvalue weighted by atomic mass is 127. The van der Waals surface area contributed by atoms with E-state index in [0.29, 0.717) is 11.4 Å². The van der Waals surface area contributed by atoms with E-state index in [4.69, 9.17) is 0 Å². The van der Waals surface area contributed by atoms with Crippen LogP contribution in [0.3, 0.4) is 0 Å². The molecule has 0 bridgehead atoms. The average molecular weight is 398 g/mol. The van der Waals surface area contributed by atoms with E-state index in [1.54, 1.807) is 24.3 Å². The number of carboxylic acids is 1. The zero-order valence-corrected chi connectivity index (χ0v) is 13.6. The Morgan fingerprint density at radius 3 is 2.76 bits per heavy atom. The maximum atomic E-state index is 12.3. The highest BCUT2D eigenvalue weighted by Gasteiger charge is 2.16. The van der Waals surface area contributed by atoms with Gasteiger partial charge in [0.25, 0.3) is 5.91 Å². The first-order valence-corrected chi connectivity index (χ1v) is 7.60. The van der Waals surface area contributed by atoms with Gasteiger partial charge < -0.3 is 15.0 Å². The number of amides is 1. The Bertz CT molecular complexity index is 679. The summed E-state index contributed by atoms with van der Waals surface area (Å²) in [6.07, 6.45) is 2.75. The zero-order chi connectivity index (χ0) is 15.4. The van der Waals surface area contributed by atoms with Crippen LogP contribution in [0.4, 0.5) is 5.69 Å². The summed E-state index contributed by atoms with van der Waals surface area (Å²) in [4.78, 5) is 23.6. The van der Waals surface area contributed by atoms with Crippen LogP contribution in [-0.2, 0) is 6.54 Å². The van der Waals surface area contributed by atoms with E-state index < -0.39 is 5.97 Å². The predicted octanol–water partition coefficient (Wildman–Crippen LogP) is 3.45. The highest BCUT2D eigenvalue weighted by molar-refractivity contribution is 14.1. The van der Waals surface area contributed by atoms with E-state index >= 15 is 0 Å². The molecule has 0 aliphatic carbocycles. The monoisotopic (exact) mass is 398 g/mol.